The predicted molar refractivity (Wildman–Crippen MR) is 542 cm³/mol. The molecule has 9 rings (SSSR count). The highest BCUT2D eigenvalue weighted by atomic mass is 32.2. The minimum atomic E-state index is -2.25. The lowest BCUT2D eigenvalue weighted by molar-refractivity contribution is -0.142. The molecule has 1 aromatic carbocycles. The number of aliphatic carboxylic acids is 2. The molecule has 0 aliphatic carbocycles. The maximum absolute atomic E-state index is 15.7. The van der Waals surface area contributed by atoms with Gasteiger partial charge in [0.05, 0.1) is 56.9 Å². The van der Waals surface area contributed by atoms with E-state index >= 15 is 33.6 Å². The number of nitrogens with one attached hydrogen (secondary N) is 24. The van der Waals surface area contributed by atoms with Crippen LogP contribution in [-0.4, -0.2) is 388 Å². The van der Waals surface area contributed by atoms with E-state index in [4.69, 9.17) is 5.73 Å². The Hall–Kier alpha value is -14.1. The van der Waals surface area contributed by atoms with Crippen molar-refractivity contribution in [2.75, 3.05) is 91.0 Å². The molecule has 0 spiro atoms. The summed E-state index contributed by atoms with van der Waals surface area (Å²) >= 11 is 3.45. The van der Waals surface area contributed by atoms with Gasteiger partial charge in [-0.1, -0.05) is 71.9 Å². The summed E-state index contributed by atoms with van der Waals surface area (Å²) in [7, 11) is 0. The van der Waals surface area contributed by atoms with Gasteiger partial charge in [-0.3, -0.25) is 115 Å². The van der Waals surface area contributed by atoms with Crippen molar-refractivity contribution in [3.63, 3.8) is 0 Å². The average Bonchev–Trinajstić information content (AvgIpc) is 1.64. The molecule has 0 radical (unpaired) electrons. The SMILES string of the molecule is C=C1NC(=O)[C@H](C(C)C)NC(=O)[C@@H](NC(=O)/C(=C/C)NC(=O)[C@@H](N)[C@@H](C)CC)CSC[C@@H](C(=O)N[C@@H]2C(=O)N3CCC[C@H]3C(=O)NCC(=O)N[C@H](C(=O)N[C@H](C(=O)N[C@H]3CSC[C@@H]4NC(=O)CNC(=O)[C@H](CSC[C@@H]5NC(=O)[C@H](Cc6cnc[nH]6)NC(=O)[C@H](CSC[C@@H](C(=O)O)NC5=O)NC4=O)NC(=O)CNC(=O)CNC(=O)CNC(=O)[C@H](CCC(=O)O)NC3=O)[C@@H](C)O)CS[C@@H]2C)NC(=O)[C@H](Cc2c[nH]c3ccccc23)NC1=O. The molecule has 29 N–H and O–H groups in total. The average molecular weight is 2190 g/mol. The van der Waals surface area contributed by atoms with Gasteiger partial charge >= 0.3 is 11.9 Å². The van der Waals surface area contributed by atoms with E-state index in [1.807, 2.05) is 0 Å². The van der Waals surface area contributed by atoms with E-state index in [2.05, 4.69) is 139 Å². The minimum absolute atomic E-state index is 0.000300. The van der Waals surface area contributed by atoms with Gasteiger partial charge in [-0.2, -0.15) is 58.8 Å². The number of carboxylic acid groups (broad SMARTS) is 2. The number of rotatable bonds is 22. The Labute approximate surface area is 878 Å². The largest absolute Gasteiger partial charge is 0.481 e. The van der Waals surface area contributed by atoms with E-state index in [1.54, 1.807) is 58.2 Å². The zero-order chi connectivity index (χ0) is 110. The lowest BCUT2D eigenvalue weighted by Gasteiger charge is -2.33. The van der Waals surface area contributed by atoms with E-state index in [0.717, 1.165) is 47.1 Å². The van der Waals surface area contributed by atoms with Crippen molar-refractivity contribution >= 4 is 218 Å². The van der Waals surface area contributed by atoms with Gasteiger partial charge in [-0.05, 0) is 56.6 Å². The van der Waals surface area contributed by atoms with Crippen molar-refractivity contribution in [1.29, 1.82) is 0 Å². The molecular formula is C90H125N27O28S5. The summed E-state index contributed by atoms with van der Waals surface area (Å²) in [5.41, 5.74) is 6.57. The number of carbonyl (C=O) groups excluding carboxylic acids is 23. The molecule has 6 aliphatic heterocycles. The van der Waals surface area contributed by atoms with E-state index in [9.17, 15) is 102 Å². The molecule has 20 atom stereocenters. The number of H-pyrrole nitrogens is 2. The van der Waals surface area contributed by atoms with Crippen LogP contribution >= 0.6 is 58.8 Å². The number of aliphatic hydroxyl groups is 1. The number of hydrogen-bond acceptors (Lipinski definition) is 33. The van der Waals surface area contributed by atoms with Crippen molar-refractivity contribution in [3.05, 3.63) is 78.3 Å². The first-order valence-corrected chi connectivity index (χ1v) is 53.4. The Kier molecular flexibility index (Phi) is 45.8. The van der Waals surface area contributed by atoms with Crippen molar-refractivity contribution in [3.8, 4) is 0 Å². The minimum Gasteiger partial charge on any atom is -0.481 e. The molecule has 0 saturated carbocycles. The molecule has 23 amide bonds. The smallest absolute Gasteiger partial charge is 0.327 e. The molecule has 6 saturated heterocycles. The number of fused-ring (bicyclic) bond motifs is 14. The van der Waals surface area contributed by atoms with E-state index in [0.29, 0.717) is 46.4 Å². The van der Waals surface area contributed by atoms with Crippen molar-refractivity contribution in [2.45, 2.75) is 207 Å². The fourth-order valence-corrected chi connectivity index (χ4v) is 21.0. The molecule has 0 unspecified atom stereocenters. The molecule has 3 aromatic rings. The standard InChI is InChI=1S/C90H125N27O28S5/c1-9-40(5)68(91)86(140)104-47(10-2)75(129)108-57-34-148-35-58(110-76(130)50(20-44-22-93-48-15-12-11-14-46(44)48)106-72(126)41(6)100-87(141)69(39(3)4)114-82(57)136)83(137)116-71-43(8)150-37-59(103-66(123)28-98-85(139)61-16-13-19-117(61)89(71)143)84(138)115-70(42(7)118)88(142)112-56-33-147-30-53-78(132)111-54-32-149-36-60(90(144)145)113-81(135)55(109-77(131)51(107-80(54)134)21-45-23-92-38-99-45)31-146-29-52(74(128)97-27-65(122)102-53)101-64(121)26-95-62(119)24-94-63(120)25-96-73(127)49(105-79(56)133)17-18-67(124)125/h10-12,14-15,22-23,38-40,42-43,49-61,68-71,93,118H,6,9,13,16-21,24-37,91H2,1-5,7-8H3,(H,92,99)(H,94,120)(H,95,119)(H,96,127)(H,97,128)(H,98,139)(H,100,141)(H,101,121)(H,102,122)(H,103,123)(H,104,140)(H,105,133)(H,106,126)(H,107,134)(H,108,129)(H,109,131)(H,110,130)(H,111,132)(H,112,142)(H,113,135)(H,114,136)(H,115,138)(H,116,137)(H,124,125)(H,144,145)/b47-10-/t40-,42+,43+,49-,50-,51-,52-,53-,54-,55-,56-,57-,58-,59-,60-,61-,68-,69-,70-,71-/m0/s1. The first-order valence-electron chi connectivity index (χ1n) is 47.7. The van der Waals surface area contributed by atoms with Crippen LogP contribution in [0, 0.1) is 11.8 Å². The second kappa shape index (κ2) is 57.6. The number of para-hydroxylation sites is 1. The van der Waals surface area contributed by atoms with E-state index in [1.165, 1.54) is 32.4 Å². The predicted octanol–water partition coefficient (Wildman–Crippen LogP) is -11.3. The zero-order valence-corrected chi connectivity index (χ0v) is 86.6. The van der Waals surface area contributed by atoms with Crippen LogP contribution in [0.25, 0.3) is 10.9 Å². The van der Waals surface area contributed by atoms with Crippen LogP contribution in [0.5, 0.6) is 0 Å². The summed E-state index contributed by atoms with van der Waals surface area (Å²) in [6.07, 6.45) is 1.62. The fourth-order valence-electron chi connectivity index (χ4n) is 15.6. The van der Waals surface area contributed by atoms with Gasteiger partial charge in [-0.25, -0.2) is 9.78 Å². The third-order valence-electron chi connectivity index (χ3n) is 24.4. The number of carbonyl (C=O) groups is 25. The van der Waals surface area contributed by atoms with Gasteiger partial charge in [0.1, 0.15) is 102 Å². The van der Waals surface area contributed by atoms with Crippen LogP contribution in [0.15, 0.2) is 67.0 Å². The molecule has 6 aliphatic rings. The van der Waals surface area contributed by atoms with Crippen LogP contribution < -0.4 is 123 Å². The second-order valence-corrected chi connectivity index (χ2v) is 41.8. The topological polar surface area (TPSA) is 826 Å². The van der Waals surface area contributed by atoms with Crippen molar-refractivity contribution in [1.82, 2.24) is 137 Å². The van der Waals surface area contributed by atoms with Gasteiger partial charge in [0.25, 0.3) is 11.8 Å². The Balaban J connectivity index is 1.05. The van der Waals surface area contributed by atoms with E-state index < -0.39 is 371 Å². The number of aromatic nitrogens is 3. The number of hydrogen-bond donors (Lipinski definition) is 28. The lowest BCUT2D eigenvalue weighted by atomic mass is 9.99. The maximum Gasteiger partial charge on any atom is 0.327 e. The molecule has 6 fully saturated rings. The molecule has 150 heavy (non-hydrogen) atoms. The molecule has 8 heterocycles. The number of nitrogens with two attached hydrogens (primary N) is 1. The van der Waals surface area contributed by atoms with Gasteiger partial charge < -0.3 is 153 Å². The Morgan fingerprint density at radius 3 is 1.71 bits per heavy atom. The van der Waals surface area contributed by atoms with Crippen molar-refractivity contribution < 1.29 is 135 Å². The van der Waals surface area contributed by atoms with Crippen molar-refractivity contribution in [2.24, 2.45) is 17.6 Å². The molecule has 60 heteroatoms. The number of benzene rings is 1. The van der Waals surface area contributed by atoms with Gasteiger partial charge in [0.15, 0.2) is 0 Å². The summed E-state index contributed by atoms with van der Waals surface area (Å²) in [6.45, 7) is 9.35. The Bertz CT molecular complexity index is 5600. The molecule has 818 valence electrons. The summed E-state index contributed by atoms with van der Waals surface area (Å²) in [5.74, 6) is -35.1. The van der Waals surface area contributed by atoms with E-state index in [-0.39, 0.29) is 49.5 Å². The first-order chi connectivity index (χ1) is 71.2. The third-order valence-corrected chi connectivity index (χ3v) is 30.3. The number of nitrogens with zero attached hydrogens (tertiary/aromatic N) is 2. The second-order valence-electron chi connectivity index (χ2n) is 36.1. The third kappa shape index (κ3) is 35.5. The van der Waals surface area contributed by atoms with Gasteiger partial charge in [0.2, 0.25) is 124 Å². The maximum atomic E-state index is 15.7. The fraction of sp³-hybridized carbons (Fsp3) is 0.556. The highest BCUT2D eigenvalue weighted by Gasteiger charge is 2.46. The molecule has 2 aromatic heterocycles. The highest BCUT2D eigenvalue weighted by molar-refractivity contribution is 8.00. The summed E-state index contributed by atoms with van der Waals surface area (Å²) in [6, 6.07) is -22.7. The van der Waals surface area contributed by atoms with Crippen LogP contribution in [0.4, 0.5) is 0 Å². The summed E-state index contributed by atoms with van der Waals surface area (Å²) in [4.78, 5) is 369. The Morgan fingerprint density at radius 1 is 0.547 bits per heavy atom. The number of allylic oxidation sites excluding steroid dienone is 1. The monoisotopic (exact) mass is 2190 g/mol. The summed E-state index contributed by atoms with van der Waals surface area (Å²) in [5, 5.41) is 84.7. The van der Waals surface area contributed by atoms with Gasteiger partial charge in [-0.15, -0.1) is 0 Å². The number of carboxylic acids is 2. The number of thioether (sulfide) groups is 5. The van der Waals surface area contributed by atoms with Crippen LogP contribution in [-0.2, 0) is 133 Å². The quantitative estimate of drug-likeness (QED) is 0.0415. The van der Waals surface area contributed by atoms with Crippen LogP contribution in [0.1, 0.15) is 91.8 Å². The van der Waals surface area contributed by atoms with Crippen LogP contribution in [0.2, 0.25) is 0 Å². The van der Waals surface area contributed by atoms with Crippen LogP contribution in [0.3, 0.4) is 0 Å². The normalized spacial score (nSPS) is 26.7. The Morgan fingerprint density at radius 2 is 1.08 bits per heavy atom. The number of amides is 23. The number of aliphatic hydroxyl groups excluding tert-OH is 1. The number of aromatic amines is 2. The first kappa shape index (κ1) is 119. The van der Waals surface area contributed by atoms with Gasteiger partial charge in [0, 0.05) is 112 Å². The number of imidazole rings is 1. The summed E-state index contributed by atoms with van der Waals surface area (Å²) < 4.78 is 0. The highest BCUT2D eigenvalue weighted by Crippen LogP contribution is 2.27. The molecular weight excluding hydrogens is 2070 g/mol. The molecule has 55 nitrogen and oxygen atoms in total. The molecule has 4 bridgehead atoms. The zero-order valence-electron chi connectivity index (χ0n) is 82.6. The lowest BCUT2D eigenvalue weighted by Crippen LogP contribution is -2.62.